The van der Waals surface area contributed by atoms with E-state index in [1.165, 1.54) is 25.7 Å². The van der Waals surface area contributed by atoms with Gasteiger partial charge in [0.15, 0.2) is 5.78 Å². The van der Waals surface area contributed by atoms with Crippen LogP contribution < -0.4 is 0 Å². The highest BCUT2D eigenvalue weighted by atomic mass is 16.1. The molecule has 2 fully saturated rings. The monoisotopic (exact) mass is 268 g/mol. The van der Waals surface area contributed by atoms with E-state index in [0.29, 0.717) is 17.1 Å². The van der Waals surface area contributed by atoms with E-state index in [1.54, 1.807) is 5.57 Å². The summed E-state index contributed by atoms with van der Waals surface area (Å²) >= 11 is 0. The molecule has 4 rings (SSSR count). The van der Waals surface area contributed by atoms with Crippen LogP contribution in [0.1, 0.15) is 46.0 Å². The highest BCUT2D eigenvalue weighted by molar-refractivity contribution is 5.91. The Morgan fingerprint density at radius 3 is 2.85 bits per heavy atom. The number of ketones is 1. The van der Waals surface area contributed by atoms with Crippen molar-refractivity contribution in [1.82, 2.24) is 0 Å². The summed E-state index contributed by atoms with van der Waals surface area (Å²) in [6, 6.07) is 0. The number of rotatable bonds is 0. The summed E-state index contributed by atoms with van der Waals surface area (Å²) in [5, 5.41) is 0. The molecule has 0 heterocycles. The first-order valence-corrected chi connectivity index (χ1v) is 8.15. The Morgan fingerprint density at radius 2 is 2.00 bits per heavy atom. The van der Waals surface area contributed by atoms with Gasteiger partial charge in [-0.25, -0.2) is 0 Å². The van der Waals surface area contributed by atoms with Gasteiger partial charge in [-0.1, -0.05) is 43.7 Å². The average Bonchev–Trinajstić information content (AvgIpc) is 2.81. The summed E-state index contributed by atoms with van der Waals surface area (Å²) in [4.78, 5) is 11.7. The zero-order valence-electron chi connectivity index (χ0n) is 12.6. The Labute approximate surface area is 121 Å². The SMILES string of the molecule is C[C@@]12C=CC=C1[C@@H]1CCC3CC(=O)C=C[C@]3(C)[C@H]1CC2. The Morgan fingerprint density at radius 1 is 1.15 bits per heavy atom. The first-order chi connectivity index (χ1) is 9.53. The lowest BCUT2D eigenvalue weighted by molar-refractivity contribution is -0.119. The molecule has 0 aliphatic heterocycles. The number of fused-ring (bicyclic) bond motifs is 5. The minimum atomic E-state index is 0.252. The number of allylic oxidation sites excluding steroid dienone is 6. The summed E-state index contributed by atoms with van der Waals surface area (Å²) in [5.41, 5.74) is 2.26. The van der Waals surface area contributed by atoms with Gasteiger partial charge in [-0.3, -0.25) is 4.79 Å². The van der Waals surface area contributed by atoms with Crippen molar-refractivity contribution >= 4 is 5.78 Å². The summed E-state index contributed by atoms with van der Waals surface area (Å²) < 4.78 is 0. The van der Waals surface area contributed by atoms with E-state index < -0.39 is 0 Å². The molecular formula is C19H24O. The van der Waals surface area contributed by atoms with Crippen molar-refractivity contribution in [2.24, 2.45) is 28.6 Å². The zero-order valence-corrected chi connectivity index (χ0v) is 12.6. The second-order valence-electron chi connectivity index (χ2n) is 7.79. The largest absolute Gasteiger partial charge is 0.295 e. The molecule has 0 spiro atoms. The van der Waals surface area contributed by atoms with E-state index in [0.717, 1.165) is 18.3 Å². The molecule has 1 unspecified atom stereocenters. The third-order valence-electron chi connectivity index (χ3n) is 6.84. The van der Waals surface area contributed by atoms with E-state index in [-0.39, 0.29) is 5.41 Å². The van der Waals surface area contributed by atoms with Gasteiger partial charge in [0.1, 0.15) is 0 Å². The minimum absolute atomic E-state index is 0.252. The Balaban J connectivity index is 1.73. The van der Waals surface area contributed by atoms with E-state index in [9.17, 15) is 4.79 Å². The molecule has 0 aromatic rings. The summed E-state index contributed by atoms with van der Waals surface area (Å²) in [7, 11) is 0. The van der Waals surface area contributed by atoms with Crippen molar-refractivity contribution in [2.75, 3.05) is 0 Å². The molecule has 1 nitrogen and oxygen atoms in total. The third-order valence-corrected chi connectivity index (χ3v) is 6.84. The normalized spacial score (nSPS) is 49.4. The fraction of sp³-hybridized carbons (Fsp3) is 0.632. The molecule has 0 N–H and O–H groups in total. The fourth-order valence-electron chi connectivity index (χ4n) is 5.56. The van der Waals surface area contributed by atoms with Crippen molar-refractivity contribution in [3.63, 3.8) is 0 Å². The average molecular weight is 268 g/mol. The fourth-order valence-corrected chi connectivity index (χ4v) is 5.56. The van der Waals surface area contributed by atoms with Gasteiger partial charge in [-0.05, 0) is 54.9 Å². The standard InChI is InChI=1S/C19H24O/c1-18-9-3-4-16(18)15-6-5-13-12-14(20)7-11-19(13,2)17(15)8-10-18/h3-4,7,9,11,13,15,17H,5-6,8,10,12H2,1-2H3/t13?,15-,17-,18-,19-/m0/s1. The Hall–Kier alpha value is -1.11. The predicted octanol–water partition coefficient (Wildman–Crippen LogP) is 4.46. The van der Waals surface area contributed by atoms with Gasteiger partial charge in [0.05, 0.1) is 0 Å². The molecule has 0 radical (unpaired) electrons. The summed E-state index contributed by atoms with van der Waals surface area (Å²) in [5.74, 6) is 2.40. The van der Waals surface area contributed by atoms with Gasteiger partial charge < -0.3 is 0 Å². The Kier molecular flexibility index (Phi) is 2.50. The van der Waals surface area contributed by atoms with Crippen LogP contribution in [-0.2, 0) is 4.79 Å². The maximum atomic E-state index is 11.7. The molecule has 4 aliphatic rings. The molecule has 0 aromatic heterocycles. The van der Waals surface area contributed by atoms with Gasteiger partial charge in [0.25, 0.3) is 0 Å². The lowest BCUT2D eigenvalue weighted by Crippen LogP contribution is -2.49. The molecule has 5 atom stereocenters. The molecule has 0 amide bonds. The molecule has 1 heteroatoms. The topological polar surface area (TPSA) is 17.1 Å². The molecule has 4 aliphatic carbocycles. The molecule has 0 saturated heterocycles. The Bertz CT molecular complexity index is 552. The number of hydrogen-bond acceptors (Lipinski definition) is 1. The number of hydrogen-bond donors (Lipinski definition) is 0. The van der Waals surface area contributed by atoms with Crippen molar-refractivity contribution in [3.8, 4) is 0 Å². The predicted molar refractivity (Wildman–Crippen MR) is 81.1 cm³/mol. The summed E-state index contributed by atoms with van der Waals surface area (Å²) in [6.45, 7) is 4.83. The number of carbonyl (C=O) groups is 1. The van der Waals surface area contributed by atoms with Crippen LogP contribution in [0.15, 0.2) is 36.0 Å². The van der Waals surface area contributed by atoms with Crippen LogP contribution in [0, 0.1) is 28.6 Å². The number of carbonyl (C=O) groups excluding carboxylic acids is 1. The van der Waals surface area contributed by atoms with Crippen LogP contribution in [0.5, 0.6) is 0 Å². The van der Waals surface area contributed by atoms with Crippen molar-refractivity contribution in [1.29, 1.82) is 0 Å². The van der Waals surface area contributed by atoms with Crippen molar-refractivity contribution < 1.29 is 4.79 Å². The van der Waals surface area contributed by atoms with Crippen LogP contribution in [-0.4, -0.2) is 5.78 Å². The van der Waals surface area contributed by atoms with E-state index in [4.69, 9.17) is 0 Å². The maximum Gasteiger partial charge on any atom is 0.155 e. The summed E-state index contributed by atoms with van der Waals surface area (Å²) in [6.07, 6.45) is 17.1. The van der Waals surface area contributed by atoms with Gasteiger partial charge in [0.2, 0.25) is 0 Å². The van der Waals surface area contributed by atoms with E-state index in [1.807, 2.05) is 6.08 Å². The smallest absolute Gasteiger partial charge is 0.155 e. The van der Waals surface area contributed by atoms with E-state index in [2.05, 4.69) is 38.2 Å². The molecule has 20 heavy (non-hydrogen) atoms. The van der Waals surface area contributed by atoms with Crippen LogP contribution in [0.2, 0.25) is 0 Å². The lowest BCUT2D eigenvalue weighted by atomic mass is 9.48. The molecule has 106 valence electrons. The molecular weight excluding hydrogens is 244 g/mol. The first-order valence-electron chi connectivity index (χ1n) is 8.15. The molecule has 0 bridgehead atoms. The van der Waals surface area contributed by atoms with Crippen molar-refractivity contribution in [2.45, 2.75) is 46.0 Å². The second kappa shape index (κ2) is 3.96. The second-order valence-corrected chi connectivity index (χ2v) is 7.79. The lowest BCUT2D eigenvalue weighted by Gasteiger charge is -2.56. The van der Waals surface area contributed by atoms with Crippen LogP contribution in [0.3, 0.4) is 0 Å². The van der Waals surface area contributed by atoms with Gasteiger partial charge in [0, 0.05) is 11.8 Å². The highest BCUT2D eigenvalue weighted by Crippen LogP contribution is 2.62. The highest BCUT2D eigenvalue weighted by Gasteiger charge is 2.53. The quantitative estimate of drug-likeness (QED) is 0.634. The van der Waals surface area contributed by atoms with Gasteiger partial charge in [-0.15, -0.1) is 0 Å². The van der Waals surface area contributed by atoms with E-state index >= 15 is 0 Å². The third kappa shape index (κ3) is 1.52. The maximum absolute atomic E-state index is 11.7. The van der Waals surface area contributed by atoms with Crippen molar-refractivity contribution in [3.05, 3.63) is 36.0 Å². The minimum Gasteiger partial charge on any atom is -0.295 e. The zero-order chi connectivity index (χ0) is 14.0. The molecule has 2 saturated carbocycles. The molecule has 0 aromatic carbocycles. The first kappa shape index (κ1) is 12.6. The van der Waals surface area contributed by atoms with Crippen LogP contribution in [0.25, 0.3) is 0 Å². The van der Waals surface area contributed by atoms with Crippen LogP contribution in [0.4, 0.5) is 0 Å². The van der Waals surface area contributed by atoms with Gasteiger partial charge in [-0.2, -0.15) is 0 Å². The van der Waals surface area contributed by atoms with Crippen LogP contribution >= 0.6 is 0 Å². The van der Waals surface area contributed by atoms with Gasteiger partial charge >= 0.3 is 0 Å².